The molecule has 1 amide bonds. The van der Waals surface area contributed by atoms with Crippen LogP contribution in [0.2, 0.25) is 0 Å². The highest BCUT2D eigenvalue weighted by Crippen LogP contribution is 2.42. The summed E-state index contributed by atoms with van der Waals surface area (Å²) in [5, 5.41) is 12.3. The van der Waals surface area contributed by atoms with Crippen molar-refractivity contribution >= 4 is 21.9 Å². The van der Waals surface area contributed by atoms with Crippen molar-refractivity contribution in [3.05, 3.63) is 94.0 Å². The second-order valence-corrected chi connectivity index (χ2v) is 12.4. The van der Waals surface area contributed by atoms with Gasteiger partial charge < -0.3 is 10.4 Å². The van der Waals surface area contributed by atoms with E-state index in [1.165, 1.54) is 0 Å². The van der Waals surface area contributed by atoms with Crippen LogP contribution in [0.3, 0.4) is 0 Å². The lowest BCUT2D eigenvalue weighted by atomic mass is 9.88. The maximum absolute atomic E-state index is 13.3. The Morgan fingerprint density at radius 1 is 0.854 bits per heavy atom. The number of nitrogens with one attached hydrogen (secondary N) is 1. The van der Waals surface area contributed by atoms with E-state index in [0.29, 0.717) is 18.2 Å². The topological polar surface area (TPSA) is 95.9 Å². The Hall–Kier alpha value is -3.83. The highest BCUT2D eigenvalue weighted by atomic mass is 32.2. The van der Waals surface area contributed by atoms with Gasteiger partial charge in [-0.3, -0.25) is 9.08 Å². The molecule has 1 heterocycles. The van der Waals surface area contributed by atoms with Crippen LogP contribution in [0, 0.1) is 6.92 Å². The zero-order chi connectivity index (χ0) is 36.2. The molecule has 0 spiro atoms. The number of fused-ring (bicyclic) bond motifs is 1. The van der Waals surface area contributed by atoms with E-state index in [-0.39, 0.29) is 47.2 Å². The second-order valence-electron chi connectivity index (χ2n) is 10.7. The standard InChI is InChI=1S/C22H19F9N2O2.C9H12O3S/c1-2-15-9-17(16-8-12(20(23,24)25)3-4-18(16)33(15)19(34)35)32-10-11-5-13(21(26,27)28)7-14(6-11)22(29,30)31;1-3-12-13(10,11)9-6-4-8(2)5-7-9/h3-8,15,17,32H,2,9-10H2,1H3,(H,34,35);4-7H,3H2,1-2H3. The summed E-state index contributed by atoms with van der Waals surface area (Å²) >= 11 is 0. The van der Waals surface area contributed by atoms with Gasteiger partial charge in [-0.1, -0.05) is 24.6 Å². The summed E-state index contributed by atoms with van der Waals surface area (Å²) in [6, 6.07) is 8.41. The molecule has 1 aliphatic heterocycles. The number of nitrogens with zero attached hydrogens (tertiary/aromatic N) is 1. The molecule has 2 atom stereocenters. The number of hydrogen-bond acceptors (Lipinski definition) is 5. The van der Waals surface area contributed by atoms with Crippen molar-refractivity contribution in [1.29, 1.82) is 0 Å². The average molecular weight is 715 g/mol. The number of halogens is 9. The first kappa shape index (κ1) is 38.6. The number of benzene rings is 3. The van der Waals surface area contributed by atoms with E-state index in [1.807, 2.05) is 6.92 Å². The highest BCUT2D eigenvalue weighted by Gasteiger charge is 2.39. The number of carbonyl (C=O) groups is 1. The Morgan fingerprint density at radius 2 is 1.40 bits per heavy atom. The van der Waals surface area contributed by atoms with Crippen LogP contribution < -0.4 is 10.2 Å². The molecule has 3 aromatic carbocycles. The summed E-state index contributed by atoms with van der Waals surface area (Å²) in [5.41, 5.74) is -3.57. The van der Waals surface area contributed by atoms with Crippen LogP contribution in [0.4, 0.5) is 50.0 Å². The Kier molecular flexibility index (Phi) is 11.9. The monoisotopic (exact) mass is 714 g/mol. The van der Waals surface area contributed by atoms with Crippen LogP contribution in [0.15, 0.2) is 65.6 Å². The third kappa shape index (κ3) is 9.63. The smallest absolute Gasteiger partial charge is 0.416 e. The summed E-state index contributed by atoms with van der Waals surface area (Å²) in [6.45, 7) is 4.82. The van der Waals surface area contributed by atoms with Gasteiger partial charge in [0.15, 0.2) is 0 Å². The van der Waals surface area contributed by atoms with Gasteiger partial charge in [-0.15, -0.1) is 0 Å². The van der Waals surface area contributed by atoms with Crippen molar-refractivity contribution < 1.29 is 62.0 Å². The Balaban J connectivity index is 0.000000402. The fourth-order valence-electron chi connectivity index (χ4n) is 5.02. The lowest BCUT2D eigenvalue weighted by Gasteiger charge is -2.39. The Morgan fingerprint density at radius 3 is 1.85 bits per heavy atom. The van der Waals surface area contributed by atoms with E-state index in [0.717, 1.165) is 22.6 Å². The van der Waals surface area contributed by atoms with Crippen LogP contribution >= 0.6 is 0 Å². The zero-order valence-electron chi connectivity index (χ0n) is 25.6. The van der Waals surface area contributed by atoms with Crippen LogP contribution in [-0.2, 0) is 39.4 Å². The van der Waals surface area contributed by atoms with Crippen molar-refractivity contribution in [1.82, 2.24) is 5.32 Å². The first-order chi connectivity index (χ1) is 22.1. The van der Waals surface area contributed by atoms with E-state index in [4.69, 9.17) is 0 Å². The van der Waals surface area contributed by atoms with Crippen molar-refractivity contribution in [2.24, 2.45) is 0 Å². The predicted octanol–water partition coefficient (Wildman–Crippen LogP) is 8.96. The predicted molar refractivity (Wildman–Crippen MR) is 157 cm³/mol. The number of anilines is 1. The van der Waals surface area contributed by atoms with Gasteiger partial charge in [0.2, 0.25) is 0 Å². The van der Waals surface area contributed by atoms with Gasteiger partial charge in [0.1, 0.15) is 0 Å². The van der Waals surface area contributed by atoms with E-state index in [1.54, 1.807) is 38.1 Å². The number of amides is 1. The normalized spacial score (nSPS) is 17.0. The van der Waals surface area contributed by atoms with E-state index >= 15 is 0 Å². The van der Waals surface area contributed by atoms with Gasteiger partial charge in [-0.05, 0) is 86.3 Å². The fraction of sp³-hybridized carbons (Fsp3) is 0.387. The summed E-state index contributed by atoms with van der Waals surface area (Å²) in [6.07, 6.45) is -16.0. The molecule has 0 bridgehead atoms. The molecule has 0 radical (unpaired) electrons. The van der Waals surface area contributed by atoms with Gasteiger partial charge in [0.05, 0.1) is 33.9 Å². The van der Waals surface area contributed by atoms with Gasteiger partial charge in [0, 0.05) is 18.6 Å². The minimum absolute atomic E-state index is 0.0210. The first-order valence-electron chi connectivity index (χ1n) is 14.3. The highest BCUT2D eigenvalue weighted by molar-refractivity contribution is 7.86. The van der Waals surface area contributed by atoms with Gasteiger partial charge in [-0.2, -0.15) is 47.9 Å². The Bertz CT molecular complexity index is 1660. The molecule has 2 N–H and O–H groups in total. The maximum Gasteiger partial charge on any atom is 0.416 e. The van der Waals surface area contributed by atoms with Crippen molar-refractivity contribution in [2.75, 3.05) is 11.5 Å². The average Bonchev–Trinajstić information content (AvgIpc) is 2.98. The molecule has 0 fully saturated rings. The molecule has 0 aliphatic carbocycles. The summed E-state index contributed by atoms with van der Waals surface area (Å²) in [5.74, 6) is 0. The molecule has 3 aromatic rings. The molecule has 0 saturated carbocycles. The lowest BCUT2D eigenvalue weighted by molar-refractivity contribution is -0.143. The molecule has 1 aliphatic rings. The largest absolute Gasteiger partial charge is 0.465 e. The van der Waals surface area contributed by atoms with Gasteiger partial charge >= 0.3 is 24.6 Å². The quantitative estimate of drug-likeness (QED) is 0.188. The van der Waals surface area contributed by atoms with E-state index in [2.05, 4.69) is 9.50 Å². The summed E-state index contributed by atoms with van der Waals surface area (Å²) < 4.78 is 146. The van der Waals surface area contributed by atoms with E-state index in [9.17, 15) is 57.8 Å². The van der Waals surface area contributed by atoms with Gasteiger partial charge in [-0.25, -0.2) is 4.79 Å². The molecule has 48 heavy (non-hydrogen) atoms. The second kappa shape index (κ2) is 14.7. The molecule has 0 saturated heterocycles. The molecule has 0 aromatic heterocycles. The zero-order valence-corrected chi connectivity index (χ0v) is 26.4. The number of hydrogen-bond donors (Lipinski definition) is 2. The molecule has 7 nitrogen and oxygen atoms in total. The molecular weight excluding hydrogens is 683 g/mol. The SMILES string of the molecule is CCC1CC(NCc2cc(C(F)(F)F)cc(C(F)(F)F)c2)c2cc(C(F)(F)F)ccc2N1C(=O)O.CCOS(=O)(=O)c1ccc(C)cc1. The molecule has 17 heteroatoms. The lowest BCUT2D eigenvalue weighted by Crippen LogP contribution is -2.46. The van der Waals surface area contributed by atoms with Crippen LogP contribution in [0.25, 0.3) is 0 Å². The van der Waals surface area contributed by atoms with Crippen LogP contribution in [0.5, 0.6) is 0 Å². The minimum Gasteiger partial charge on any atom is -0.465 e. The van der Waals surface area contributed by atoms with Crippen LogP contribution in [0.1, 0.15) is 66.1 Å². The molecular formula is C31H31F9N2O5S. The number of carboxylic acid groups (broad SMARTS) is 1. The molecule has 2 unspecified atom stereocenters. The van der Waals surface area contributed by atoms with Crippen molar-refractivity contribution in [3.63, 3.8) is 0 Å². The number of alkyl halides is 9. The van der Waals surface area contributed by atoms with Crippen LogP contribution in [-0.4, -0.2) is 32.3 Å². The summed E-state index contributed by atoms with van der Waals surface area (Å²) in [7, 11) is -3.53. The van der Waals surface area contributed by atoms with Crippen molar-refractivity contribution in [2.45, 2.75) is 75.7 Å². The number of aryl methyl sites for hydroxylation is 1. The summed E-state index contributed by atoms with van der Waals surface area (Å²) in [4.78, 5) is 12.9. The Labute approximate surface area is 270 Å². The van der Waals surface area contributed by atoms with Gasteiger partial charge in [0.25, 0.3) is 10.1 Å². The molecule has 4 rings (SSSR count). The molecule has 264 valence electrons. The van der Waals surface area contributed by atoms with Crippen molar-refractivity contribution in [3.8, 4) is 0 Å². The number of rotatable bonds is 7. The fourth-order valence-corrected chi connectivity index (χ4v) is 5.94. The third-order valence-corrected chi connectivity index (χ3v) is 8.72. The third-order valence-electron chi connectivity index (χ3n) is 7.32. The first-order valence-corrected chi connectivity index (χ1v) is 15.7. The minimum atomic E-state index is -5.05. The maximum atomic E-state index is 13.3. The van der Waals surface area contributed by atoms with E-state index < -0.39 is 70.1 Å².